The number of carbonyl (C=O) groups excluding carboxylic acids is 1. The van der Waals surface area contributed by atoms with Crippen molar-refractivity contribution in [1.29, 1.82) is 0 Å². The van der Waals surface area contributed by atoms with Gasteiger partial charge in [0.25, 0.3) is 0 Å². The molecule has 2 atom stereocenters. The van der Waals surface area contributed by atoms with Crippen LogP contribution < -0.4 is 5.73 Å². The summed E-state index contributed by atoms with van der Waals surface area (Å²) in [6, 6.07) is -0.477. The number of nitrogens with two attached hydrogens (primary N) is 1. The molecular weight excluding hydrogens is 190 g/mol. The molecule has 0 amide bonds. The molecule has 15 heavy (non-hydrogen) atoms. The van der Waals surface area contributed by atoms with E-state index in [1.807, 2.05) is 13.8 Å². The van der Waals surface area contributed by atoms with Gasteiger partial charge in [0, 0.05) is 0 Å². The Hall–Kier alpha value is -0.570. The lowest BCUT2D eigenvalue weighted by Crippen LogP contribution is -2.38. The van der Waals surface area contributed by atoms with Crippen LogP contribution in [0.4, 0.5) is 0 Å². The first-order chi connectivity index (χ1) is 6.78. The molecule has 0 heterocycles. The van der Waals surface area contributed by atoms with Gasteiger partial charge in [-0.15, -0.1) is 0 Å². The van der Waals surface area contributed by atoms with Crippen molar-refractivity contribution >= 4 is 5.97 Å². The predicted octanol–water partition coefficient (Wildman–Crippen LogP) is 2.34. The fourth-order valence-electron chi connectivity index (χ4n) is 1.04. The summed E-state index contributed by atoms with van der Waals surface area (Å²) in [4.78, 5) is 11.5. The highest BCUT2D eigenvalue weighted by Crippen LogP contribution is 2.18. The third-order valence-corrected chi connectivity index (χ3v) is 2.63. The van der Waals surface area contributed by atoms with Crippen molar-refractivity contribution in [3.63, 3.8) is 0 Å². The first kappa shape index (κ1) is 14.4. The minimum Gasteiger partial charge on any atom is -0.465 e. The Morgan fingerprint density at radius 2 is 1.93 bits per heavy atom. The summed E-state index contributed by atoms with van der Waals surface area (Å²) in [7, 11) is 0. The zero-order chi connectivity index (χ0) is 12.1. The molecule has 0 saturated heterocycles. The van der Waals surface area contributed by atoms with Gasteiger partial charge in [-0.3, -0.25) is 4.79 Å². The van der Waals surface area contributed by atoms with Crippen molar-refractivity contribution in [2.75, 3.05) is 6.61 Å². The quantitative estimate of drug-likeness (QED) is 0.716. The number of hydrogen-bond donors (Lipinski definition) is 1. The van der Waals surface area contributed by atoms with E-state index in [2.05, 4.69) is 20.8 Å². The molecule has 0 saturated carbocycles. The molecule has 0 radical (unpaired) electrons. The second-order valence-electron chi connectivity index (χ2n) is 5.39. The zero-order valence-electron chi connectivity index (χ0n) is 10.7. The monoisotopic (exact) mass is 215 g/mol. The largest absolute Gasteiger partial charge is 0.465 e. The number of esters is 1. The van der Waals surface area contributed by atoms with Crippen LogP contribution in [-0.2, 0) is 9.53 Å². The van der Waals surface area contributed by atoms with E-state index in [-0.39, 0.29) is 17.3 Å². The minimum absolute atomic E-state index is 0.187. The summed E-state index contributed by atoms with van der Waals surface area (Å²) in [5.41, 5.74) is 5.94. The Morgan fingerprint density at radius 3 is 2.33 bits per heavy atom. The van der Waals surface area contributed by atoms with E-state index in [0.717, 1.165) is 12.8 Å². The summed E-state index contributed by atoms with van der Waals surface area (Å²) in [6.07, 6.45) is 1.77. The van der Waals surface area contributed by atoms with Gasteiger partial charge in [0.15, 0.2) is 0 Å². The van der Waals surface area contributed by atoms with Crippen molar-refractivity contribution < 1.29 is 9.53 Å². The predicted molar refractivity (Wildman–Crippen MR) is 62.5 cm³/mol. The van der Waals surface area contributed by atoms with E-state index in [0.29, 0.717) is 6.61 Å². The van der Waals surface area contributed by atoms with Gasteiger partial charge in [-0.05, 0) is 17.8 Å². The summed E-state index contributed by atoms with van der Waals surface area (Å²) < 4.78 is 5.14. The van der Waals surface area contributed by atoms with Crippen LogP contribution in [0.5, 0.6) is 0 Å². The van der Waals surface area contributed by atoms with Crippen LogP contribution in [-0.4, -0.2) is 18.6 Å². The zero-order valence-corrected chi connectivity index (χ0v) is 10.7. The Morgan fingerprint density at radius 1 is 1.40 bits per heavy atom. The maximum atomic E-state index is 11.5. The molecule has 2 N–H and O–H groups in total. The molecule has 0 rings (SSSR count). The molecule has 0 aliphatic carbocycles. The van der Waals surface area contributed by atoms with Crippen LogP contribution in [0.25, 0.3) is 0 Å². The number of ether oxygens (including phenoxy) is 1. The molecule has 0 fully saturated rings. The third kappa shape index (κ3) is 6.50. The summed E-state index contributed by atoms with van der Waals surface area (Å²) in [5.74, 6) is -0.0827. The average Bonchev–Trinajstić information content (AvgIpc) is 2.13. The topological polar surface area (TPSA) is 52.3 Å². The highest BCUT2D eigenvalue weighted by atomic mass is 16.5. The normalized spacial score (nSPS) is 15.9. The standard InChI is InChI=1S/C12H25NO2/c1-6-9(2)10(13)11(14)15-8-7-12(3,4)5/h9-10H,6-8,13H2,1-5H3. The van der Waals surface area contributed by atoms with Crippen molar-refractivity contribution in [2.45, 2.75) is 53.5 Å². The van der Waals surface area contributed by atoms with Crippen LogP contribution >= 0.6 is 0 Å². The average molecular weight is 215 g/mol. The van der Waals surface area contributed by atoms with Gasteiger partial charge in [-0.1, -0.05) is 41.0 Å². The van der Waals surface area contributed by atoms with Crippen LogP contribution in [0, 0.1) is 11.3 Å². The summed E-state index contributed by atoms with van der Waals surface area (Å²) >= 11 is 0. The van der Waals surface area contributed by atoms with E-state index in [9.17, 15) is 4.79 Å². The molecule has 0 aliphatic rings. The molecule has 0 spiro atoms. The Bertz CT molecular complexity index is 196. The van der Waals surface area contributed by atoms with E-state index in [4.69, 9.17) is 10.5 Å². The maximum Gasteiger partial charge on any atom is 0.323 e. The van der Waals surface area contributed by atoms with Crippen LogP contribution in [0.2, 0.25) is 0 Å². The number of carbonyl (C=O) groups is 1. The van der Waals surface area contributed by atoms with Gasteiger partial charge in [-0.25, -0.2) is 0 Å². The lowest BCUT2D eigenvalue weighted by atomic mass is 9.93. The Kier molecular flexibility index (Phi) is 5.88. The van der Waals surface area contributed by atoms with E-state index < -0.39 is 6.04 Å². The second kappa shape index (κ2) is 6.11. The molecular formula is C12H25NO2. The fourth-order valence-corrected chi connectivity index (χ4v) is 1.04. The molecule has 0 aromatic rings. The van der Waals surface area contributed by atoms with Gasteiger partial charge in [0.2, 0.25) is 0 Å². The summed E-state index contributed by atoms with van der Waals surface area (Å²) in [5, 5.41) is 0. The van der Waals surface area contributed by atoms with Crippen LogP contribution in [0.1, 0.15) is 47.5 Å². The fraction of sp³-hybridized carbons (Fsp3) is 0.917. The van der Waals surface area contributed by atoms with Crippen LogP contribution in [0.3, 0.4) is 0 Å². The van der Waals surface area contributed by atoms with Crippen molar-refractivity contribution in [1.82, 2.24) is 0 Å². The molecule has 0 bridgehead atoms. The number of rotatable bonds is 5. The van der Waals surface area contributed by atoms with E-state index >= 15 is 0 Å². The lowest BCUT2D eigenvalue weighted by Gasteiger charge is -2.20. The maximum absolute atomic E-state index is 11.5. The smallest absolute Gasteiger partial charge is 0.323 e. The lowest BCUT2D eigenvalue weighted by molar-refractivity contribution is -0.147. The highest BCUT2D eigenvalue weighted by Gasteiger charge is 2.21. The molecule has 3 heteroatoms. The van der Waals surface area contributed by atoms with Gasteiger partial charge in [0.1, 0.15) is 6.04 Å². The summed E-state index contributed by atoms with van der Waals surface area (Å²) in [6.45, 7) is 10.8. The van der Waals surface area contributed by atoms with Crippen molar-refractivity contribution in [3.05, 3.63) is 0 Å². The second-order valence-corrected chi connectivity index (χ2v) is 5.39. The van der Waals surface area contributed by atoms with Crippen LogP contribution in [0.15, 0.2) is 0 Å². The molecule has 3 nitrogen and oxygen atoms in total. The molecule has 90 valence electrons. The Labute approximate surface area is 93.4 Å². The molecule has 0 aromatic heterocycles. The SMILES string of the molecule is CCC(C)C(N)C(=O)OCCC(C)(C)C. The van der Waals surface area contributed by atoms with Gasteiger partial charge in [-0.2, -0.15) is 0 Å². The number of hydrogen-bond acceptors (Lipinski definition) is 3. The minimum atomic E-state index is -0.477. The van der Waals surface area contributed by atoms with Gasteiger partial charge in [0.05, 0.1) is 6.61 Å². The molecule has 2 unspecified atom stereocenters. The molecule has 0 aromatic carbocycles. The Balaban J connectivity index is 3.84. The van der Waals surface area contributed by atoms with E-state index in [1.165, 1.54) is 0 Å². The first-order valence-corrected chi connectivity index (χ1v) is 5.70. The molecule has 0 aliphatic heterocycles. The van der Waals surface area contributed by atoms with E-state index in [1.54, 1.807) is 0 Å². The third-order valence-electron chi connectivity index (χ3n) is 2.63. The first-order valence-electron chi connectivity index (χ1n) is 5.70. The van der Waals surface area contributed by atoms with Crippen molar-refractivity contribution in [2.24, 2.45) is 17.1 Å². The highest BCUT2D eigenvalue weighted by molar-refractivity contribution is 5.75. The van der Waals surface area contributed by atoms with Crippen molar-refractivity contribution in [3.8, 4) is 0 Å². The van der Waals surface area contributed by atoms with Gasteiger partial charge >= 0.3 is 5.97 Å². The van der Waals surface area contributed by atoms with Gasteiger partial charge < -0.3 is 10.5 Å².